The number of ketones is 1. The minimum atomic E-state index is -1.25. The van der Waals surface area contributed by atoms with Crippen LogP contribution in [0.4, 0.5) is 5.69 Å². The number of aliphatic hydroxyl groups excluding tert-OH is 3. The number of carbonyl (C=O) groups excluding carboxylic acids is 1. The Bertz CT molecular complexity index is 548. The van der Waals surface area contributed by atoms with Gasteiger partial charge in [-0.2, -0.15) is 0 Å². The Morgan fingerprint density at radius 3 is 2.44 bits per heavy atom. The fourth-order valence-corrected chi connectivity index (χ4v) is 1.94. The minimum absolute atomic E-state index is 0.331. The van der Waals surface area contributed by atoms with Gasteiger partial charge in [0.25, 0.3) is 0 Å². The molecule has 0 saturated carbocycles. The van der Waals surface area contributed by atoms with Gasteiger partial charge in [-0.05, 0) is 6.07 Å². The molecule has 5 heteroatoms. The molecule has 0 heterocycles. The van der Waals surface area contributed by atoms with E-state index in [0.29, 0.717) is 11.3 Å². The van der Waals surface area contributed by atoms with E-state index in [-0.39, 0.29) is 11.5 Å². The van der Waals surface area contributed by atoms with Crippen molar-refractivity contribution in [3.05, 3.63) is 53.5 Å². The van der Waals surface area contributed by atoms with Crippen molar-refractivity contribution in [2.24, 2.45) is 5.92 Å². The first-order chi connectivity index (χ1) is 8.50. The largest absolute Gasteiger partial charge is 0.511 e. The monoisotopic (exact) mass is 247 g/mol. The Kier molecular flexibility index (Phi) is 3.08. The summed E-state index contributed by atoms with van der Waals surface area (Å²) in [6, 6.07) is 6.56. The molecule has 2 rings (SSSR count). The second-order valence-corrected chi connectivity index (χ2v) is 4.09. The maximum Gasteiger partial charge on any atom is 0.172 e. The number of rotatable bonds is 2. The van der Waals surface area contributed by atoms with Crippen LogP contribution in [0.3, 0.4) is 0 Å². The molecule has 2 atom stereocenters. The molecule has 0 amide bonds. The molecular weight excluding hydrogens is 234 g/mol. The highest BCUT2D eigenvalue weighted by Crippen LogP contribution is 2.33. The van der Waals surface area contributed by atoms with Gasteiger partial charge in [0.15, 0.2) is 5.78 Å². The molecule has 5 N–H and O–H groups in total. The molecule has 1 aromatic carbocycles. The molecule has 1 aliphatic carbocycles. The number of hydrogen-bond donors (Lipinski definition) is 4. The molecule has 2 unspecified atom stereocenters. The molecule has 1 aliphatic rings. The molecule has 18 heavy (non-hydrogen) atoms. The highest BCUT2D eigenvalue weighted by atomic mass is 16.3. The summed E-state index contributed by atoms with van der Waals surface area (Å²) in [4.78, 5) is 11.7. The lowest BCUT2D eigenvalue weighted by Crippen LogP contribution is -2.26. The van der Waals surface area contributed by atoms with Crippen LogP contribution in [0, 0.1) is 5.92 Å². The zero-order chi connectivity index (χ0) is 13.3. The van der Waals surface area contributed by atoms with E-state index in [9.17, 15) is 20.1 Å². The van der Waals surface area contributed by atoms with E-state index >= 15 is 0 Å². The zero-order valence-corrected chi connectivity index (χ0v) is 9.45. The van der Waals surface area contributed by atoms with Crippen LogP contribution in [0.2, 0.25) is 0 Å². The number of nitrogen functional groups attached to an aromatic ring is 1. The Morgan fingerprint density at radius 2 is 1.83 bits per heavy atom. The topological polar surface area (TPSA) is 104 Å². The number of hydrogen-bond acceptors (Lipinski definition) is 5. The van der Waals surface area contributed by atoms with Crippen molar-refractivity contribution in [2.45, 2.75) is 6.10 Å². The molecule has 0 aromatic heterocycles. The van der Waals surface area contributed by atoms with Crippen molar-refractivity contribution in [1.82, 2.24) is 0 Å². The second-order valence-electron chi connectivity index (χ2n) is 4.09. The molecule has 0 saturated heterocycles. The molecule has 0 radical (unpaired) electrons. The van der Waals surface area contributed by atoms with Crippen LogP contribution in [0.1, 0.15) is 11.7 Å². The summed E-state index contributed by atoms with van der Waals surface area (Å²) >= 11 is 0. The minimum Gasteiger partial charge on any atom is -0.511 e. The smallest absolute Gasteiger partial charge is 0.172 e. The van der Waals surface area contributed by atoms with Crippen LogP contribution < -0.4 is 5.73 Å². The van der Waals surface area contributed by atoms with E-state index in [1.165, 1.54) is 0 Å². The van der Waals surface area contributed by atoms with Gasteiger partial charge in [-0.3, -0.25) is 4.79 Å². The third-order valence-corrected chi connectivity index (χ3v) is 2.84. The van der Waals surface area contributed by atoms with Gasteiger partial charge in [0.2, 0.25) is 0 Å². The first kappa shape index (κ1) is 12.2. The standard InChI is InChI=1S/C13H13NO4/c14-9-4-2-1-3-8(9)13(18)12-10(16)5-7(15)6-11(12)17/h1-6,12-13,15-16,18H,14H2. The summed E-state index contributed by atoms with van der Waals surface area (Å²) in [5.41, 5.74) is 6.41. The van der Waals surface area contributed by atoms with Gasteiger partial charge in [0.05, 0.1) is 6.10 Å². The van der Waals surface area contributed by atoms with Crippen LogP contribution in [0.25, 0.3) is 0 Å². The fraction of sp³-hybridized carbons (Fsp3) is 0.154. The Labute approximate surface area is 103 Å². The normalized spacial score (nSPS) is 21.2. The first-order valence-corrected chi connectivity index (χ1v) is 5.38. The lowest BCUT2D eigenvalue weighted by atomic mass is 9.86. The molecule has 0 bridgehead atoms. The van der Waals surface area contributed by atoms with Crippen LogP contribution >= 0.6 is 0 Å². The first-order valence-electron chi connectivity index (χ1n) is 5.38. The van der Waals surface area contributed by atoms with Crippen LogP contribution in [-0.2, 0) is 4.79 Å². The van der Waals surface area contributed by atoms with Crippen molar-refractivity contribution in [3.8, 4) is 0 Å². The van der Waals surface area contributed by atoms with Gasteiger partial charge < -0.3 is 21.1 Å². The van der Waals surface area contributed by atoms with Crippen molar-refractivity contribution < 1.29 is 20.1 Å². The van der Waals surface area contributed by atoms with Crippen molar-refractivity contribution in [1.29, 1.82) is 0 Å². The van der Waals surface area contributed by atoms with E-state index in [2.05, 4.69) is 0 Å². The number of aliphatic hydroxyl groups is 3. The van der Waals surface area contributed by atoms with E-state index in [1.807, 2.05) is 0 Å². The summed E-state index contributed by atoms with van der Waals surface area (Å²) in [6.07, 6.45) is 0.750. The van der Waals surface area contributed by atoms with Crippen LogP contribution in [-0.4, -0.2) is 21.1 Å². The number of para-hydroxylation sites is 1. The van der Waals surface area contributed by atoms with Gasteiger partial charge in [-0.15, -0.1) is 0 Å². The highest BCUT2D eigenvalue weighted by molar-refractivity contribution is 5.96. The zero-order valence-electron chi connectivity index (χ0n) is 9.45. The average Bonchev–Trinajstić information content (AvgIpc) is 2.27. The quantitative estimate of drug-likeness (QED) is 0.591. The van der Waals surface area contributed by atoms with Crippen LogP contribution in [0.5, 0.6) is 0 Å². The molecule has 0 fully saturated rings. The predicted octanol–water partition coefficient (Wildman–Crippen LogP) is 1.38. The molecule has 0 spiro atoms. The number of nitrogens with two attached hydrogens (primary N) is 1. The average molecular weight is 247 g/mol. The van der Waals surface area contributed by atoms with Crippen molar-refractivity contribution in [3.63, 3.8) is 0 Å². The highest BCUT2D eigenvalue weighted by Gasteiger charge is 2.34. The molecular formula is C13H13NO4. The van der Waals surface area contributed by atoms with Crippen LogP contribution in [0.15, 0.2) is 47.9 Å². The number of carbonyl (C=O) groups is 1. The predicted molar refractivity (Wildman–Crippen MR) is 65.7 cm³/mol. The summed E-state index contributed by atoms with van der Waals surface area (Å²) < 4.78 is 0. The van der Waals surface area contributed by atoms with E-state index in [4.69, 9.17) is 5.73 Å². The van der Waals surface area contributed by atoms with Crippen molar-refractivity contribution >= 4 is 11.5 Å². The third-order valence-electron chi connectivity index (χ3n) is 2.84. The Balaban J connectivity index is 2.36. The molecule has 0 aliphatic heterocycles. The van der Waals surface area contributed by atoms with Gasteiger partial charge >= 0.3 is 0 Å². The lowest BCUT2D eigenvalue weighted by Gasteiger charge is -2.23. The Hall–Kier alpha value is -2.27. The maximum absolute atomic E-state index is 11.7. The van der Waals surface area contributed by atoms with Gasteiger partial charge in [-0.25, -0.2) is 0 Å². The lowest BCUT2D eigenvalue weighted by molar-refractivity contribution is -0.121. The Morgan fingerprint density at radius 1 is 1.17 bits per heavy atom. The van der Waals surface area contributed by atoms with Gasteiger partial charge in [-0.1, -0.05) is 18.2 Å². The SMILES string of the molecule is Nc1ccccc1C(O)C1C(=O)C=C(O)C=C1O. The summed E-state index contributed by atoms with van der Waals surface area (Å²) in [5, 5.41) is 29.0. The molecule has 1 aromatic rings. The number of anilines is 1. The molecule has 94 valence electrons. The number of allylic oxidation sites excluding steroid dienone is 2. The summed E-state index contributed by atoms with van der Waals surface area (Å²) in [7, 11) is 0. The van der Waals surface area contributed by atoms with Gasteiger partial charge in [0.1, 0.15) is 17.4 Å². The molecule has 5 nitrogen and oxygen atoms in total. The van der Waals surface area contributed by atoms with E-state index < -0.39 is 17.8 Å². The summed E-state index contributed by atoms with van der Waals surface area (Å²) in [6.45, 7) is 0. The third kappa shape index (κ3) is 2.08. The fourth-order valence-electron chi connectivity index (χ4n) is 1.94. The van der Waals surface area contributed by atoms with Crippen molar-refractivity contribution in [2.75, 3.05) is 5.73 Å². The maximum atomic E-state index is 11.7. The van der Waals surface area contributed by atoms with E-state index in [1.54, 1.807) is 24.3 Å². The van der Waals surface area contributed by atoms with E-state index in [0.717, 1.165) is 12.2 Å². The summed E-state index contributed by atoms with van der Waals surface area (Å²) in [5.74, 6) is -2.41. The van der Waals surface area contributed by atoms with Gasteiger partial charge in [0, 0.05) is 23.4 Å². The number of benzene rings is 1. The second kappa shape index (κ2) is 4.54.